The van der Waals surface area contributed by atoms with Gasteiger partial charge in [0.2, 0.25) is 0 Å². The van der Waals surface area contributed by atoms with E-state index in [0.717, 1.165) is 38.6 Å². The molecule has 0 saturated heterocycles. The SMILES string of the molecule is [2H]C([2H])(c1cc(-c2cc3c(ccc4c5cccc6c7ccccc7n(c34)c65)cn2)nc(-c2cccc3c2nc(-c2ccccc2O)n3-c2ccc(C3CCCCC3)cc2C(C)(C)C)c1)C(C)(C)C.[Pt]. The molecule has 1 aliphatic carbocycles. The summed E-state index contributed by atoms with van der Waals surface area (Å²) in [5.74, 6) is 1.32. The number of phenolic OH excluding ortho intramolecular Hbond substituents is 1. The van der Waals surface area contributed by atoms with E-state index >= 15 is 0 Å². The maximum Gasteiger partial charge on any atom is 0.149 e. The molecule has 0 amide bonds. The summed E-state index contributed by atoms with van der Waals surface area (Å²) in [6.45, 7) is 12.6. The van der Waals surface area contributed by atoms with E-state index in [1.54, 1.807) is 6.07 Å². The first kappa shape index (κ1) is 40.9. The third-order valence-corrected chi connectivity index (χ3v) is 13.9. The normalized spacial score (nSPS) is 14.7. The number of nitrogens with zero attached hydrogens (tertiary/aromatic N) is 5. The Kier molecular flexibility index (Phi) is 9.86. The van der Waals surface area contributed by atoms with E-state index in [4.69, 9.17) is 15.0 Å². The molecule has 1 aliphatic rings. The number of rotatable bonds is 6. The average Bonchev–Trinajstić information content (AvgIpc) is 4.01. The van der Waals surface area contributed by atoms with Crippen molar-refractivity contribution in [3.05, 3.63) is 156 Å². The number of hydrogen-bond donors (Lipinski definition) is 1. The monoisotopic (exact) mass is 1060 g/mol. The molecule has 67 heavy (non-hydrogen) atoms. The summed E-state index contributed by atoms with van der Waals surface area (Å²) in [4.78, 5) is 16.0. The number of phenols is 1. The van der Waals surface area contributed by atoms with Crippen LogP contribution in [0.5, 0.6) is 5.75 Å². The number of fused-ring (bicyclic) bond motifs is 9. The topological polar surface area (TPSA) is 68.2 Å². The standard InChI is InChI=1S/C60H55N5O.Pt/c1-59(2,3)34-36-30-48(62-50(31-36)49-33-46-39(35-61-49)26-28-43-42-21-14-20-41-40-18-10-12-23-51(40)65(56(41)42)57(43)46)44-22-15-24-53-55(44)63-58(45-19-11-13-25-54(45)66)64(53)52-29-27-38(32-47(52)60(4,5)6)37-16-8-7-9-17-37;/h10-15,18-33,35,37,66H,7-9,16-17,34H2,1-6H3;/i34D2;. The van der Waals surface area contributed by atoms with Crippen LogP contribution in [0.2, 0.25) is 0 Å². The summed E-state index contributed by atoms with van der Waals surface area (Å²) in [5, 5.41) is 18.4. The van der Waals surface area contributed by atoms with Crippen LogP contribution in [0, 0.1) is 5.41 Å². The van der Waals surface area contributed by atoms with Crippen LogP contribution in [-0.4, -0.2) is 29.0 Å². The third-order valence-electron chi connectivity index (χ3n) is 13.9. The first-order valence-electron chi connectivity index (χ1n) is 24.6. The second-order valence-corrected chi connectivity index (χ2v) is 20.6. The van der Waals surface area contributed by atoms with Crippen molar-refractivity contribution in [3.63, 3.8) is 0 Å². The molecule has 5 aromatic heterocycles. The number of hydrogen-bond acceptors (Lipinski definition) is 4. The summed E-state index contributed by atoms with van der Waals surface area (Å²) in [6, 6.07) is 46.1. The molecule has 0 bridgehead atoms. The van der Waals surface area contributed by atoms with Crippen LogP contribution in [0.15, 0.2) is 140 Å². The summed E-state index contributed by atoms with van der Waals surface area (Å²) in [7, 11) is 0. The van der Waals surface area contributed by atoms with Gasteiger partial charge in [0.25, 0.3) is 0 Å². The maximum absolute atomic E-state index is 11.5. The van der Waals surface area contributed by atoms with Gasteiger partial charge in [0.15, 0.2) is 0 Å². The van der Waals surface area contributed by atoms with Gasteiger partial charge in [-0.3, -0.25) is 9.55 Å². The van der Waals surface area contributed by atoms with Crippen molar-refractivity contribution in [3.8, 4) is 45.5 Å². The van der Waals surface area contributed by atoms with Gasteiger partial charge in [-0.15, -0.1) is 0 Å². The minimum absolute atomic E-state index is 0. The van der Waals surface area contributed by atoms with E-state index in [1.807, 2.05) is 69.4 Å². The van der Waals surface area contributed by atoms with Crippen molar-refractivity contribution in [1.82, 2.24) is 23.9 Å². The van der Waals surface area contributed by atoms with Gasteiger partial charge in [0.1, 0.15) is 11.6 Å². The van der Waals surface area contributed by atoms with Gasteiger partial charge in [-0.25, -0.2) is 9.97 Å². The van der Waals surface area contributed by atoms with E-state index < -0.39 is 11.8 Å². The first-order valence-corrected chi connectivity index (χ1v) is 23.6. The molecule has 5 heterocycles. The van der Waals surface area contributed by atoms with Gasteiger partial charge in [0.05, 0.1) is 55.9 Å². The molecule has 336 valence electrons. The van der Waals surface area contributed by atoms with Crippen LogP contribution in [0.25, 0.3) is 99.6 Å². The van der Waals surface area contributed by atoms with E-state index in [-0.39, 0.29) is 32.2 Å². The summed E-state index contributed by atoms with van der Waals surface area (Å²) in [6.07, 6.45) is 6.44. The van der Waals surface area contributed by atoms with Crippen molar-refractivity contribution in [2.75, 3.05) is 0 Å². The van der Waals surface area contributed by atoms with Crippen LogP contribution in [0.1, 0.15) is 99.0 Å². The van der Waals surface area contributed by atoms with Crippen LogP contribution in [0.4, 0.5) is 0 Å². The predicted molar refractivity (Wildman–Crippen MR) is 274 cm³/mol. The molecule has 1 N–H and O–H groups in total. The molecule has 6 nitrogen and oxygen atoms in total. The van der Waals surface area contributed by atoms with Gasteiger partial charge in [-0.2, -0.15) is 0 Å². The van der Waals surface area contributed by atoms with Crippen molar-refractivity contribution in [1.29, 1.82) is 0 Å². The van der Waals surface area contributed by atoms with E-state index in [0.29, 0.717) is 45.5 Å². The fraction of sp³-hybridized carbons (Fsp3) is 0.250. The Hall–Kier alpha value is -6.36. The average molecular weight is 1060 g/mol. The van der Waals surface area contributed by atoms with Crippen LogP contribution in [-0.2, 0) is 32.9 Å². The second-order valence-electron chi connectivity index (χ2n) is 20.6. The Bertz CT molecular complexity index is 3810. The van der Waals surface area contributed by atoms with Crippen molar-refractivity contribution < 1.29 is 28.9 Å². The molecule has 6 aromatic carbocycles. The van der Waals surface area contributed by atoms with E-state index in [2.05, 4.69) is 115 Å². The van der Waals surface area contributed by atoms with Gasteiger partial charge in [-0.05, 0) is 101 Å². The Morgan fingerprint density at radius 1 is 0.627 bits per heavy atom. The number of imidazole rings is 1. The second kappa shape index (κ2) is 16.2. The summed E-state index contributed by atoms with van der Waals surface area (Å²) < 4.78 is 23.9. The minimum atomic E-state index is -1.75. The Morgan fingerprint density at radius 3 is 2.09 bits per heavy atom. The number of benzene rings is 6. The number of pyridine rings is 2. The fourth-order valence-corrected chi connectivity index (χ4v) is 11.0. The molecule has 0 radical (unpaired) electrons. The molecule has 0 unspecified atom stereocenters. The Labute approximate surface area is 409 Å². The summed E-state index contributed by atoms with van der Waals surface area (Å²) >= 11 is 0. The zero-order valence-electron chi connectivity index (χ0n) is 40.9. The van der Waals surface area contributed by atoms with Crippen molar-refractivity contribution >= 4 is 59.9 Å². The molecular formula is C60H55N5OPt. The molecule has 12 rings (SSSR count). The first-order chi connectivity index (χ1) is 32.7. The number of aromatic nitrogens is 5. The molecule has 0 atom stereocenters. The molecular weight excluding hydrogens is 1000 g/mol. The van der Waals surface area contributed by atoms with Gasteiger partial charge >= 0.3 is 0 Å². The van der Waals surface area contributed by atoms with Crippen molar-refractivity contribution in [2.45, 2.75) is 91.4 Å². The van der Waals surface area contributed by atoms with E-state index in [9.17, 15) is 7.85 Å². The number of aromatic hydroxyl groups is 1. The van der Waals surface area contributed by atoms with Crippen LogP contribution >= 0.6 is 0 Å². The molecule has 7 heteroatoms. The van der Waals surface area contributed by atoms with Crippen LogP contribution < -0.4 is 0 Å². The zero-order chi connectivity index (χ0) is 46.9. The number of para-hydroxylation sites is 4. The molecule has 11 aromatic rings. The largest absolute Gasteiger partial charge is 0.507 e. The zero-order valence-corrected chi connectivity index (χ0v) is 41.2. The predicted octanol–water partition coefficient (Wildman–Crippen LogP) is 15.8. The Balaban J connectivity index is 0.00000520. The minimum Gasteiger partial charge on any atom is -0.507 e. The van der Waals surface area contributed by atoms with Crippen LogP contribution in [0.3, 0.4) is 0 Å². The van der Waals surface area contributed by atoms with Crippen molar-refractivity contribution in [2.24, 2.45) is 5.41 Å². The molecule has 0 spiro atoms. The van der Waals surface area contributed by atoms with E-state index in [1.165, 1.54) is 70.3 Å². The molecule has 1 saturated carbocycles. The van der Waals surface area contributed by atoms with Gasteiger partial charge in [0, 0.05) is 67.9 Å². The van der Waals surface area contributed by atoms with Gasteiger partial charge < -0.3 is 9.51 Å². The van der Waals surface area contributed by atoms with Gasteiger partial charge in [-0.1, -0.05) is 146 Å². The maximum atomic E-state index is 11.5. The molecule has 1 fully saturated rings. The smallest absolute Gasteiger partial charge is 0.149 e. The third kappa shape index (κ3) is 7.22. The molecule has 0 aliphatic heterocycles. The fourth-order valence-electron chi connectivity index (χ4n) is 11.0. The Morgan fingerprint density at radius 2 is 1.30 bits per heavy atom. The summed E-state index contributed by atoms with van der Waals surface area (Å²) in [5.41, 5.74) is 11.5. The quantitative estimate of drug-likeness (QED) is 0.180.